The summed E-state index contributed by atoms with van der Waals surface area (Å²) in [5.74, 6) is 0. The first-order valence-electron chi connectivity index (χ1n) is 7.15. The summed E-state index contributed by atoms with van der Waals surface area (Å²) in [6.45, 7) is 4.26. The summed E-state index contributed by atoms with van der Waals surface area (Å²) in [6.07, 6.45) is 0.975. The fourth-order valence-electron chi connectivity index (χ4n) is 2.45. The number of hydrogen-bond acceptors (Lipinski definition) is 2. The molecule has 0 aliphatic heterocycles. The van der Waals surface area contributed by atoms with Crippen molar-refractivity contribution in [3.8, 4) is 6.07 Å². The quantitative estimate of drug-likeness (QED) is 0.842. The predicted molar refractivity (Wildman–Crippen MR) is 87.2 cm³/mol. The average Bonchev–Trinajstić information content (AvgIpc) is 2.52. The lowest BCUT2D eigenvalue weighted by Gasteiger charge is -2.23. The lowest BCUT2D eigenvalue weighted by Crippen LogP contribution is -2.24. The molecule has 0 saturated carbocycles. The number of nitriles is 1. The van der Waals surface area contributed by atoms with Gasteiger partial charge < -0.3 is 5.32 Å². The van der Waals surface area contributed by atoms with Crippen molar-refractivity contribution in [1.29, 1.82) is 5.26 Å². The van der Waals surface area contributed by atoms with Crippen molar-refractivity contribution in [2.75, 3.05) is 0 Å². The maximum absolute atomic E-state index is 9.00. The van der Waals surface area contributed by atoms with Crippen LogP contribution < -0.4 is 5.32 Å². The van der Waals surface area contributed by atoms with E-state index in [1.165, 1.54) is 5.56 Å². The van der Waals surface area contributed by atoms with Crippen molar-refractivity contribution < 1.29 is 0 Å². The van der Waals surface area contributed by atoms with Crippen LogP contribution in [0.4, 0.5) is 0 Å². The molecule has 2 nitrogen and oxygen atoms in total. The Bertz CT molecular complexity index is 646. The van der Waals surface area contributed by atoms with Gasteiger partial charge in [0.1, 0.15) is 0 Å². The number of benzene rings is 2. The minimum absolute atomic E-state index is 0.169. The van der Waals surface area contributed by atoms with E-state index in [1.807, 2.05) is 42.5 Å². The first-order valence-corrected chi connectivity index (χ1v) is 7.53. The van der Waals surface area contributed by atoms with Crippen LogP contribution in [0.1, 0.15) is 49.0 Å². The van der Waals surface area contributed by atoms with E-state index < -0.39 is 0 Å². The summed E-state index contributed by atoms with van der Waals surface area (Å²) in [7, 11) is 0. The number of halogens is 1. The van der Waals surface area contributed by atoms with E-state index in [0.29, 0.717) is 5.56 Å². The van der Waals surface area contributed by atoms with Crippen LogP contribution in [0.3, 0.4) is 0 Å². The minimum atomic E-state index is 0.169. The Kier molecular flexibility index (Phi) is 5.38. The summed E-state index contributed by atoms with van der Waals surface area (Å²) in [5, 5.41) is 13.4. The van der Waals surface area contributed by atoms with Crippen molar-refractivity contribution in [3.05, 3.63) is 70.2 Å². The van der Waals surface area contributed by atoms with Gasteiger partial charge in [0.15, 0.2) is 0 Å². The Hall–Kier alpha value is -1.82. The molecule has 2 aromatic rings. The van der Waals surface area contributed by atoms with Crippen LogP contribution in [0.2, 0.25) is 5.02 Å². The van der Waals surface area contributed by atoms with Crippen LogP contribution in [-0.4, -0.2) is 0 Å². The summed E-state index contributed by atoms with van der Waals surface area (Å²) in [5.41, 5.74) is 3.00. The second-order valence-corrected chi connectivity index (χ2v) is 5.58. The van der Waals surface area contributed by atoms with Crippen LogP contribution in [0.15, 0.2) is 48.5 Å². The van der Waals surface area contributed by atoms with Crippen LogP contribution in [0, 0.1) is 11.3 Å². The molecule has 0 bridgehead atoms. The molecule has 0 radical (unpaired) electrons. The van der Waals surface area contributed by atoms with Crippen LogP contribution >= 0.6 is 11.6 Å². The van der Waals surface area contributed by atoms with Crippen molar-refractivity contribution in [2.24, 2.45) is 0 Å². The Morgan fingerprint density at radius 1 is 1.14 bits per heavy atom. The molecule has 3 heteroatoms. The third-order valence-electron chi connectivity index (χ3n) is 3.63. The lowest BCUT2D eigenvalue weighted by atomic mass is 10.0. The number of nitrogens with one attached hydrogen (secondary N) is 1. The molecule has 0 heterocycles. The van der Waals surface area contributed by atoms with Crippen molar-refractivity contribution in [3.63, 3.8) is 0 Å². The zero-order valence-corrected chi connectivity index (χ0v) is 13.1. The summed E-state index contributed by atoms with van der Waals surface area (Å²) >= 11 is 6.08. The average molecular weight is 299 g/mol. The molecule has 1 N–H and O–H groups in total. The second-order valence-electron chi connectivity index (χ2n) is 5.14. The summed E-state index contributed by atoms with van der Waals surface area (Å²) in [4.78, 5) is 0. The number of nitrogens with zero attached hydrogens (tertiary/aromatic N) is 1. The monoisotopic (exact) mass is 298 g/mol. The Labute approximate surface area is 131 Å². The molecule has 0 fully saturated rings. The molecule has 0 saturated heterocycles. The molecule has 0 aliphatic carbocycles. The first-order chi connectivity index (χ1) is 10.1. The second kappa shape index (κ2) is 7.26. The maximum Gasteiger partial charge on any atom is 0.0991 e. The maximum atomic E-state index is 9.00. The highest BCUT2D eigenvalue weighted by Gasteiger charge is 2.14. The van der Waals surface area contributed by atoms with Gasteiger partial charge in [0.2, 0.25) is 0 Å². The Morgan fingerprint density at radius 3 is 2.52 bits per heavy atom. The highest BCUT2D eigenvalue weighted by molar-refractivity contribution is 6.30. The third-order valence-corrected chi connectivity index (χ3v) is 3.86. The molecule has 2 aromatic carbocycles. The molecule has 21 heavy (non-hydrogen) atoms. The van der Waals surface area contributed by atoms with Gasteiger partial charge in [-0.1, -0.05) is 42.8 Å². The first kappa shape index (κ1) is 15.6. The number of hydrogen-bond donors (Lipinski definition) is 1. The predicted octanol–water partition coefficient (Wildman–Crippen LogP) is 5.01. The SMILES string of the molecule is CCC(NC(C)c1cccc(C#N)c1)c1cccc(Cl)c1. The van der Waals surface area contributed by atoms with Crippen LogP contribution in [0.5, 0.6) is 0 Å². The van der Waals surface area contributed by atoms with Gasteiger partial charge in [-0.05, 0) is 48.7 Å². The molecule has 0 amide bonds. The van der Waals surface area contributed by atoms with Gasteiger partial charge in [0.25, 0.3) is 0 Å². The topological polar surface area (TPSA) is 35.8 Å². The van der Waals surface area contributed by atoms with Crippen LogP contribution in [0.25, 0.3) is 0 Å². The van der Waals surface area contributed by atoms with Crippen molar-refractivity contribution >= 4 is 11.6 Å². The molecule has 2 unspecified atom stereocenters. The molecular weight excluding hydrogens is 280 g/mol. The van der Waals surface area contributed by atoms with E-state index in [2.05, 4.69) is 31.3 Å². The van der Waals surface area contributed by atoms with Gasteiger partial charge in [-0.2, -0.15) is 5.26 Å². The van der Waals surface area contributed by atoms with Crippen molar-refractivity contribution in [1.82, 2.24) is 5.32 Å². The van der Waals surface area contributed by atoms with Gasteiger partial charge in [-0.25, -0.2) is 0 Å². The molecule has 2 rings (SSSR count). The zero-order chi connectivity index (χ0) is 15.2. The van der Waals surface area contributed by atoms with E-state index in [0.717, 1.165) is 17.0 Å². The lowest BCUT2D eigenvalue weighted by molar-refractivity contribution is 0.456. The largest absolute Gasteiger partial charge is 0.303 e. The molecule has 0 spiro atoms. The van der Waals surface area contributed by atoms with E-state index in [4.69, 9.17) is 16.9 Å². The van der Waals surface area contributed by atoms with Gasteiger partial charge in [0.05, 0.1) is 11.6 Å². The van der Waals surface area contributed by atoms with Gasteiger partial charge in [-0.3, -0.25) is 0 Å². The van der Waals surface area contributed by atoms with E-state index in [-0.39, 0.29) is 12.1 Å². The molecule has 108 valence electrons. The number of rotatable bonds is 5. The summed E-state index contributed by atoms with van der Waals surface area (Å²) < 4.78 is 0. The molecular formula is C18H19ClN2. The molecule has 0 aromatic heterocycles. The Balaban J connectivity index is 2.16. The standard InChI is InChI=1S/C18H19ClN2/c1-3-18(16-8-5-9-17(19)11-16)21-13(2)15-7-4-6-14(10-15)12-20/h4-11,13,18,21H,3H2,1-2H3. The fourth-order valence-corrected chi connectivity index (χ4v) is 2.65. The Morgan fingerprint density at radius 2 is 1.86 bits per heavy atom. The normalized spacial score (nSPS) is 13.4. The fraction of sp³-hybridized carbons (Fsp3) is 0.278. The highest BCUT2D eigenvalue weighted by atomic mass is 35.5. The summed E-state index contributed by atoms with van der Waals surface area (Å²) in [6, 6.07) is 18.3. The van der Waals surface area contributed by atoms with Crippen molar-refractivity contribution in [2.45, 2.75) is 32.4 Å². The van der Waals surface area contributed by atoms with E-state index in [9.17, 15) is 0 Å². The smallest absolute Gasteiger partial charge is 0.0991 e. The van der Waals surface area contributed by atoms with E-state index >= 15 is 0 Å². The van der Waals surface area contributed by atoms with Gasteiger partial charge in [-0.15, -0.1) is 0 Å². The van der Waals surface area contributed by atoms with Gasteiger partial charge in [0, 0.05) is 17.1 Å². The van der Waals surface area contributed by atoms with E-state index in [1.54, 1.807) is 0 Å². The third kappa shape index (κ3) is 4.07. The zero-order valence-electron chi connectivity index (χ0n) is 12.3. The van der Waals surface area contributed by atoms with Crippen LogP contribution in [-0.2, 0) is 0 Å². The molecule has 0 aliphatic rings. The highest BCUT2D eigenvalue weighted by Crippen LogP contribution is 2.24. The van der Waals surface area contributed by atoms with Gasteiger partial charge >= 0.3 is 0 Å². The molecule has 2 atom stereocenters. The minimum Gasteiger partial charge on any atom is -0.303 e.